The van der Waals surface area contributed by atoms with Gasteiger partial charge in [-0.2, -0.15) is 10.1 Å². The lowest BCUT2D eigenvalue weighted by molar-refractivity contribution is 0.0951. The number of benzene rings is 2. The summed E-state index contributed by atoms with van der Waals surface area (Å²) in [6, 6.07) is 16.7. The molecule has 1 amide bonds. The molecule has 2 N–H and O–H groups in total. The Morgan fingerprint density at radius 1 is 1.17 bits per heavy atom. The summed E-state index contributed by atoms with van der Waals surface area (Å²) in [6.45, 7) is 2.45. The molecule has 148 valence electrons. The van der Waals surface area contributed by atoms with Gasteiger partial charge in [-0.15, -0.1) is 11.3 Å². The monoisotopic (exact) mass is 415 g/mol. The maximum Gasteiger partial charge on any atom is 0.281 e. The summed E-state index contributed by atoms with van der Waals surface area (Å²) < 4.78 is 1.64. The Bertz CT molecular complexity index is 1450. The fraction of sp³-hybridized carbons (Fsp3) is 0.0909. The van der Waals surface area contributed by atoms with Crippen molar-refractivity contribution < 1.29 is 4.79 Å². The fourth-order valence-corrected chi connectivity index (χ4v) is 4.08. The minimum Gasteiger partial charge on any atom is -0.347 e. The number of nitrogens with one attached hydrogen (secondary N) is 2. The van der Waals surface area contributed by atoms with Crippen LogP contribution < -0.4 is 10.9 Å². The van der Waals surface area contributed by atoms with Crippen molar-refractivity contribution in [2.75, 3.05) is 0 Å². The number of hydrogen-bond acceptors (Lipinski definition) is 5. The predicted octanol–water partition coefficient (Wildman–Crippen LogP) is 3.54. The van der Waals surface area contributed by atoms with E-state index in [2.05, 4.69) is 20.6 Å². The number of nitrogens with zero attached hydrogens (tertiary/aromatic N) is 3. The largest absolute Gasteiger partial charge is 0.347 e. The van der Waals surface area contributed by atoms with E-state index in [4.69, 9.17) is 0 Å². The Kier molecular flexibility index (Phi) is 4.40. The van der Waals surface area contributed by atoms with Gasteiger partial charge in [0.25, 0.3) is 11.5 Å². The lowest BCUT2D eigenvalue weighted by atomic mass is 10.1. The van der Waals surface area contributed by atoms with E-state index in [1.807, 2.05) is 48.7 Å². The van der Waals surface area contributed by atoms with Crippen LogP contribution in [0.15, 0.2) is 64.8 Å². The van der Waals surface area contributed by atoms with E-state index in [0.29, 0.717) is 34.4 Å². The fourth-order valence-electron chi connectivity index (χ4n) is 3.44. The molecule has 3 heterocycles. The van der Waals surface area contributed by atoms with E-state index < -0.39 is 0 Å². The van der Waals surface area contributed by atoms with Crippen LogP contribution in [-0.4, -0.2) is 25.7 Å². The highest BCUT2D eigenvalue weighted by Gasteiger charge is 2.16. The number of aryl methyl sites for hydroxylation is 1. The second-order valence-corrected chi connectivity index (χ2v) is 8.03. The highest BCUT2D eigenvalue weighted by atomic mass is 32.1. The SMILES string of the molecule is Cc1cccc(-c2n[nH]n3c2nc(=O)c2ccc(C(=O)NCc4cccs4)cc23)c1. The van der Waals surface area contributed by atoms with Crippen LogP contribution in [0.25, 0.3) is 27.8 Å². The van der Waals surface area contributed by atoms with Crippen LogP contribution in [0, 0.1) is 6.92 Å². The van der Waals surface area contributed by atoms with Crippen LogP contribution in [0.5, 0.6) is 0 Å². The van der Waals surface area contributed by atoms with Crippen LogP contribution in [0.1, 0.15) is 20.8 Å². The van der Waals surface area contributed by atoms with E-state index in [0.717, 1.165) is 16.0 Å². The summed E-state index contributed by atoms with van der Waals surface area (Å²) in [6.07, 6.45) is 0. The summed E-state index contributed by atoms with van der Waals surface area (Å²) in [7, 11) is 0. The van der Waals surface area contributed by atoms with Gasteiger partial charge >= 0.3 is 0 Å². The van der Waals surface area contributed by atoms with Crippen molar-refractivity contribution in [3.05, 3.63) is 86.3 Å². The number of aromatic nitrogens is 4. The Labute approximate surface area is 175 Å². The molecule has 30 heavy (non-hydrogen) atoms. The first kappa shape index (κ1) is 18.3. The third-order valence-electron chi connectivity index (χ3n) is 4.92. The lowest BCUT2D eigenvalue weighted by Gasteiger charge is -2.06. The number of aromatic amines is 1. The molecule has 0 saturated heterocycles. The molecule has 0 atom stereocenters. The topological polar surface area (TPSA) is 92.2 Å². The Morgan fingerprint density at radius 3 is 2.87 bits per heavy atom. The van der Waals surface area contributed by atoms with Crippen molar-refractivity contribution in [3.8, 4) is 11.3 Å². The average molecular weight is 415 g/mol. The molecule has 3 aromatic heterocycles. The van der Waals surface area contributed by atoms with E-state index in [1.165, 1.54) is 0 Å². The molecule has 0 radical (unpaired) electrons. The number of rotatable bonds is 4. The zero-order valence-electron chi connectivity index (χ0n) is 16.0. The third-order valence-corrected chi connectivity index (χ3v) is 5.80. The number of hydrogen-bond donors (Lipinski definition) is 2. The predicted molar refractivity (Wildman–Crippen MR) is 117 cm³/mol. The molecule has 5 rings (SSSR count). The minimum absolute atomic E-state index is 0.207. The number of fused-ring (bicyclic) bond motifs is 3. The standard InChI is InChI=1S/C22H17N5O2S/c1-13-4-2-5-14(10-13)19-20-24-22(29)17-8-7-15(11-18(17)27(20)26-25-19)21(28)23-12-16-6-3-9-30-16/h2-11,26H,12H2,1H3,(H,23,28). The maximum atomic E-state index is 12.6. The first-order valence-electron chi connectivity index (χ1n) is 9.39. The van der Waals surface area contributed by atoms with Crippen molar-refractivity contribution >= 4 is 33.8 Å². The van der Waals surface area contributed by atoms with Gasteiger partial charge in [-0.25, -0.2) is 9.73 Å². The van der Waals surface area contributed by atoms with Crippen molar-refractivity contribution in [3.63, 3.8) is 0 Å². The quantitative estimate of drug-likeness (QED) is 0.470. The van der Waals surface area contributed by atoms with Gasteiger partial charge in [0.05, 0.1) is 17.4 Å². The number of carbonyl (C=O) groups is 1. The molecule has 0 fully saturated rings. The Hall–Kier alpha value is -3.78. The van der Waals surface area contributed by atoms with Crippen LogP contribution in [0.2, 0.25) is 0 Å². The number of H-pyrrole nitrogens is 1. The summed E-state index contributed by atoms with van der Waals surface area (Å²) in [5, 5.41) is 12.6. The van der Waals surface area contributed by atoms with Crippen molar-refractivity contribution in [2.45, 2.75) is 13.5 Å². The van der Waals surface area contributed by atoms with Gasteiger partial charge in [-0.3, -0.25) is 9.59 Å². The van der Waals surface area contributed by atoms with Crippen LogP contribution >= 0.6 is 11.3 Å². The van der Waals surface area contributed by atoms with Gasteiger partial charge in [0.2, 0.25) is 0 Å². The normalized spacial score (nSPS) is 11.2. The van der Waals surface area contributed by atoms with Crippen LogP contribution in [-0.2, 0) is 6.54 Å². The molecule has 0 aliphatic carbocycles. The molecule has 0 unspecified atom stereocenters. The van der Waals surface area contributed by atoms with E-state index in [1.54, 1.807) is 34.1 Å². The van der Waals surface area contributed by atoms with E-state index in [-0.39, 0.29) is 11.5 Å². The van der Waals surface area contributed by atoms with Crippen LogP contribution in [0.4, 0.5) is 0 Å². The second-order valence-electron chi connectivity index (χ2n) is 7.00. The first-order valence-corrected chi connectivity index (χ1v) is 10.3. The van der Waals surface area contributed by atoms with Gasteiger partial charge in [0, 0.05) is 16.0 Å². The molecule has 0 aliphatic heterocycles. The lowest BCUT2D eigenvalue weighted by Crippen LogP contribution is -2.22. The summed E-state index contributed by atoms with van der Waals surface area (Å²) >= 11 is 1.59. The van der Waals surface area contributed by atoms with Crippen LogP contribution in [0.3, 0.4) is 0 Å². The summed E-state index contributed by atoms with van der Waals surface area (Å²) in [5.41, 5.74) is 3.63. The average Bonchev–Trinajstić information content (AvgIpc) is 3.42. The molecule has 7 nitrogen and oxygen atoms in total. The smallest absolute Gasteiger partial charge is 0.281 e. The number of amides is 1. The van der Waals surface area contributed by atoms with Crippen molar-refractivity contribution in [2.24, 2.45) is 0 Å². The van der Waals surface area contributed by atoms with E-state index >= 15 is 0 Å². The molecule has 0 bridgehead atoms. The summed E-state index contributed by atoms with van der Waals surface area (Å²) in [5.74, 6) is -0.207. The Morgan fingerprint density at radius 2 is 2.07 bits per heavy atom. The molecule has 0 saturated carbocycles. The molecule has 5 aromatic rings. The zero-order valence-corrected chi connectivity index (χ0v) is 16.9. The Balaban J connectivity index is 1.59. The van der Waals surface area contributed by atoms with Gasteiger partial charge < -0.3 is 5.32 Å². The first-order chi connectivity index (χ1) is 14.6. The molecule has 8 heteroatoms. The van der Waals surface area contributed by atoms with Crippen molar-refractivity contribution in [1.29, 1.82) is 0 Å². The van der Waals surface area contributed by atoms with E-state index in [9.17, 15) is 9.59 Å². The van der Waals surface area contributed by atoms with Crippen molar-refractivity contribution in [1.82, 2.24) is 25.1 Å². The van der Waals surface area contributed by atoms with Gasteiger partial charge in [-0.05, 0) is 42.6 Å². The minimum atomic E-state index is -0.356. The highest BCUT2D eigenvalue weighted by Crippen LogP contribution is 2.23. The zero-order chi connectivity index (χ0) is 20.7. The van der Waals surface area contributed by atoms with Gasteiger partial charge in [0.1, 0.15) is 5.69 Å². The summed E-state index contributed by atoms with van der Waals surface area (Å²) in [4.78, 5) is 30.6. The molecular formula is C22H17N5O2S. The second kappa shape index (κ2) is 7.23. The maximum absolute atomic E-state index is 12.6. The highest BCUT2D eigenvalue weighted by molar-refractivity contribution is 7.09. The number of thiophene rings is 1. The molecule has 2 aromatic carbocycles. The molecule has 0 spiro atoms. The molecule has 0 aliphatic rings. The van der Waals surface area contributed by atoms with Gasteiger partial charge in [-0.1, -0.05) is 29.8 Å². The van der Waals surface area contributed by atoms with Gasteiger partial charge in [0.15, 0.2) is 5.65 Å². The molecular weight excluding hydrogens is 398 g/mol. The third kappa shape index (κ3) is 3.17. The number of carbonyl (C=O) groups excluding carboxylic acids is 1.